The number of phosphoric acid groups is 2. The summed E-state index contributed by atoms with van der Waals surface area (Å²) in [5, 5.41) is 10.6. The van der Waals surface area contributed by atoms with E-state index in [9.17, 15) is 43.2 Å². The Morgan fingerprint density at radius 1 is 0.308 bits per heavy atom. The highest BCUT2D eigenvalue weighted by Crippen LogP contribution is 2.45. The Balaban J connectivity index is 5.25. The van der Waals surface area contributed by atoms with E-state index in [4.69, 9.17) is 37.0 Å². The Kier molecular flexibility index (Phi) is 60.3. The van der Waals surface area contributed by atoms with Gasteiger partial charge in [-0.15, -0.1) is 0 Å². The van der Waals surface area contributed by atoms with Crippen molar-refractivity contribution in [3.05, 3.63) is 0 Å². The number of ether oxygens (including phenoxy) is 4. The minimum absolute atomic E-state index is 0.102. The van der Waals surface area contributed by atoms with Gasteiger partial charge < -0.3 is 33.8 Å². The lowest BCUT2D eigenvalue weighted by atomic mass is 9.99. The molecule has 0 aliphatic heterocycles. The second kappa shape index (κ2) is 61.6. The molecule has 0 heterocycles. The Morgan fingerprint density at radius 2 is 0.527 bits per heavy atom. The average molecular weight is 1340 g/mol. The van der Waals surface area contributed by atoms with Gasteiger partial charge in [0.25, 0.3) is 0 Å². The first kappa shape index (κ1) is 89.1. The van der Waals surface area contributed by atoms with E-state index in [-0.39, 0.29) is 25.7 Å². The maximum Gasteiger partial charge on any atom is 0.472 e. The van der Waals surface area contributed by atoms with Gasteiger partial charge in [-0.05, 0) is 49.4 Å². The molecule has 19 heteroatoms. The van der Waals surface area contributed by atoms with Gasteiger partial charge in [0.2, 0.25) is 0 Å². The Hall–Kier alpha value is -1.94. The van der Waals surface area contributed by atoms with Crippen LogP contribution in [0.4, 0.5) is 0 Å². The fourth-order valence-electron chi connectivity index (χ4n) is 10.8. The van der Waals surface area contributed by atoms with Crippen LogP contribution in [0.3, 0.4) is 0 Å². The molecule has 0 radical (unpaired) electrons. The molecule has 0 aliphatic rings. The van der Waals surface area contributed by atoms with Crippen molar-refractivity contribution in [3.8, 4) is 0 Å². The Labute approximate surface area is 556 Å². The van der Waals surface area contributed by atoms with Crippen LogP contribution in [-0.4, -0.2) is 96.7 Å². The van der Waals surface area contributed by atoms with Crippen molar-refractivity contribution in [1.82, 2.24) is 0 Å². The summed E-state index contributed by atoms with van der Waals surface area (Å²) in [6, 6.07) is 0. The van der Waals surface area contributed by atoms with Gasteiger partial charge in [-0.3, -0.25) is 37.3 Å². The number of unbranched alkanes of at least 4 members (excludes halogenated alkanes) is 33. The van der Waals surface area contributed by atoms with Crippen LogP contribution in [0.1, 0.15) is 357 Å². The maximum absolute atomic E-state index is 13.0. The van der Waals surface area contributed by atoms with Crippen molar-refractivity contribution in [3.63, 3.8) is 0 Å². The molecule has 0 saturated carbocycles. The summed E-state index contributed by atoms with van der Waals surface area (Å²) in [6.45, 7) is 14.1. The number of phosphoric ester groups is 2. The third kappa shape index (κ3) is 63.9. The highest BCUT2D eigenvalue weighted by molar-refractivity contribution is 7.47. The van der Waals surface area contributed by atoms with E-state index in [1.54, 1.807) is 0 Å². The Bertz CT molecular complexity index is 1800. The molecule has 0 amide bonds. The summed E-state index contributed by atoms with van der Waals surface area (Å²) in [6.07, 6.45) is 44.5. The van der Waals surface area contributed by atoms with Crippen LogP contribution in [0.2, 0.25) is 0 Å². The van der Waals surface area contributed by atoms with Crippen LogP contribution in [0.5, 0.6) is 0 Å². The molecule has 0 saturated heterocycles. The fraction of sp³-hybridized carbons (Fsp3) is 0.944. The zero-order valence-corrected chi connectivity index (χ0v) is 61.3. The van der Waals surface area contributed by atoms with Crippen LogP contribution in [0, 0.1) is 23.7 Å². The van der Waals surface area contributed by atoms with Crippen molar-refractivity contribution in [2.75, 3.05) is 39.6 Å². The molecule has 4 unspecified atom stereocenters. The van der Waals surface area contributed by atoms with Crippen LogP contribution < -0.4 is 0 Å². The fourth-order valence-corrected chi connectivity index (χ4v) is 12.4. The lowest BCUT2D eigenvalue weighted by molar-refractivity contribution is -0.161. The van der Waals surface area contributed by atoms with E-state index in [0.29, 0.717) is 31.6 Å². The largest absolute Gasteiger partial charge is 0.472 e. The van der Waals surface area contributed by atoms with Gasteiger partial charge in [-0.1, -0.05) is 306 Å². The van der Waals surface area contributed by atoms with Crippen molar-refractivity contribution in [2.45, 2.75) is 375 Å². The maximum atomic E-state index is 13.0. The molecule has 0 aromatic rings. The van der Waals surface area contributed by atoms with E-state index >= 15 is 0 Å². The molecule has 0 aliphatic carbocycles. The quantitative estimate of drug-likeness (QED) is 0.0222. The molecule has 91 heavy (non-hydrogen) atoms. The van der Waals surface area contributed by atoms with Crippen molar-refractivity contribution in [1.29, 1.82) is 0 Å². The minimum atomic E-state index is -4.96. The van der Waals surface area contributed by atoms with Gasteiger partial charge in [0.1, 0.15) is 19.3 Å². The lowest BCUT2D eigenvalue weighted by Gasteiger charge is -2.21. The molecule has 0 aromatic heterocycles. The number of esters is 4. The van der Waals surface area contributed by atoms with Gasteiger partial charge in [0.15, 0.2) is 12.2 Å². The van der Waals surface area contributed by atoms with E-state index in [2.05, 4.69) is 55.4 Å². The third-order valence-electron chi connectivity index (χ3n) is 17.3. The number of rotatable bonds is 69. The summed E-state index contributed by atoms with van der Waals surface area (Å²) in [5.74, 6) is 0.902. The summed E-state index contributed by atoms with van der Waals surface area (Å²) < 4.78 is 68.3. The van der Waals surface area contributed by atoms with E-state index < -0.39 is 97.5 Å². The average Bonchev–Trinajstić information content (AvgIpc) is 3.71. The number of hydrogen-bond donors (Lipinski definition) is 3. The number of aliphatic hydroxyl groups excluding tert-OH is 1. The van der Waals surface area contributed by atoms with Crippen LogP contribution >= 0.6 is 15.6 Å². The molecule has 3 N–H and O–H groups in total. The minimum Gasteiger partial charge on any atom is -0.462 e. The van der Waals surface area contributed by atoms with Crippen LogP contribution in [0.15, 0.2) is 0 Å². The molecule has 0 aromatic carbocycles. The zero-order chi connectivity index (χ0) is 67.5. The predicted octanol–water partition coefficient (Wildman–Crippen LogP) is 20.5. The molecule has 0 rings (SSSR count). The number of carbonyl (C=O) groups excluding carboxylic acids is 4. The molecular formula is C72H140O17P2. The third-order valence-corrected chi connectivity index (χ3v) is 19.2. The lowest BCUT2D eigenvalue weighted by Crippen LogP contribution is -2.30. The molecule has 0 spiro atoms. The predicted molar refractivity (Wildman–Crippen MR) is 367 cm³/mol. The normalized spacial score (nSPS) is 14.8. The standard InChI is InChI=1S/C72H140O17P2/c1-9-64(7)50-42-34-26-20-17-18-21-27-36-44-52-69(74)82-58-67(88-71(76)54-46-38-28-22-16-14-12-11-13-15-19-24-32-40-48-62(3)4)60-86-90(78,79)84-56-66(73)57-85-91(80,81)87-61-68(89-72(77)55-47-39-29-23-25-33-41-49-63(5)6)59-83-70(75)53-45-37-31-30-35-43-51-65(8)10-2/h62-68,73H,9-61H2,1-8H3,(H,78,79)(H,80,81)/t64?,65?,66-,67-,68-/m1/s1. The SMILES string of the molecule is CCC(C)CCCCCCCCCCCCC(=O)OC[C@H](COP(=O)(O)OC[C@@H](O)COP(=O)(O)OC[C@@H](COC(=O)CCCCCCCCC(C)CC)OC(=O)CCCCCCCCCC(C)C)OC(=O)CCCCCCCCCCCCCCCCC(C)C. The Morgan fingerprint density at radius 3 is 0.780 bits per heavy atom. The second-order valence-electron chi connectivity index (χ2n) is 27.4. The second-order valence-corrected chi connectivity index (χ2v) is 30.3. The first-order chi connectivity index (χ1) is 43.7. The molecular weight excluding hydrogens is 1200 g/mol. The zero-order valence-electron chi connectivity index (χ0n) is 59.5. The highest BCUT2D eigenvalue weighted by atomic mass is 31.2. The molecule has 7 atom stereocenters. The van der Waals surface area contributed by atoms with Crippen molar-refractivity contribution < 1.29 is 80.2 Å². The summed E-state index contributed by atoms with van der Waals surface area (Å²) >= 11 is 0. The monoisotopic (exact) mass is 1340 g/mol. The topological polar surface area (TPSA) is 237 Å². The first-order valence-electron chi connectivity index (χ1n) is 37.3. The summed E-state index contributed by atoms with van der Waals surface area (Å²) in [4.78, 5) is 72.6. The summed E-state index contributed by atoms with van der Waals surface area (Å²) in [5.41, 5.74) is 0. The van der Waals surface area contributed by atoms with E-state index in [0.717, 1.165) is 114 Å². The molecule has 0 fully saturated rings. The molecule has 17 nitrogen and oxygen atoms in total. The van der Waals surface area contributed by atoms with E-state index in [1.807, 2.05) is 0 Å². The number of carbonyl (C=O) groups is 4. The van der Waals surface area contributed by atoms with Gasteiger partial charge in [0, 0.05) is 25.7 Å². The van der Waals surface area contributed by atoms with Crippen molar-refractivity contribution in [2.24, 2.45) is 23.7 Å². The van der Waals surface area contributed by atoms with Crippen LogP contribution in [0.25, 0.3) is 0 Å². The van der Waals surface area contributed by atoms with E-state index in [1.165, 1.54) is 154 Å². The first-order valence-corrected chi connectivity index (χ1v) is 40.3. The van der Waals surface area contributed by atoms with Gasteiger partial charge in [-0.25, -0.2) is 9.13 Å². The van der Waals surface area contributed by atoms with Crippen molar-refractivity contribution >= 4 is 39.5 Å². The van der Waals surface area contributed by atoms with Gasteiger partial charge >= 0.3 is 39.5 Å². The molecule has 540 valence electrons. The highest BCUT2D eigenvalue weighted by Gasteiger charge is 2.30. The van der Waals surface area contributed by atoms with Crippen LogP contribution in [-0.2, 0) is 65.4 Å². The van der Waals surface area contributed by atoms with Gasteiger partial charge in [-0.2, -0.15) is 0 Å². The van der Waals surface area contributed by atoms with Gasteiger partial charge in [0.05, 0.1) is 26.4 Å². The molecule has 0 bridgehead atoms. The number of hydrogen-bond acceptors (Lipinski definition) is 15. The number of aliphatic hydroxyl groups is 1. The summed E-state index contributed by atoms with van der Waals surface area (Å²) in [7, 11) is -9.91. The smallest absolute Gasteiger partial charge is 0.462 e.